The molecule has 10 heteroatoms. The Labute approximate surface area is 186 Å². The van der Waals surface area contributed by atoms with Crippen LogP contribution in [-0.4, -0.2) is 35.6 Å². The molecule has 0 aromatic heterocycles. The summed E-state index contributed by atoms with van der Waals surface area (Å²) in [7, 11) is 0. The van der Waals surface area contributed by atoms with Crippen molar-refractivity contribution in [3.8, 4) is 5.75 Å². The van der Waals surface area contributed by atoms with E-state index >= 15 is 0 Å². The number of hydrogen-bond donors (Lipinski definition) is 0. The number of fused-ring (bicyclic) bond motifs is 2. The van der Waals surface area contributed by atoms with E-state index in [1.807, 2.05) is 0 Å². The molecule has 3 aliphatic heterocycles. The van der Waals surface area contributed by atoms with Gasteiger partial charge in [-0.25, -0.2) is 9.69 Å². The SMILES string of the molecule is O=C(Oc1ccccc1)ON1C[C@@H]2CC[C@H]1[C@@H]1C(=O)N(c3cccc(C(F)(F)F)c3)C(=O)[C@H]21. The number of halogens is 3. The smallest absolute Gasteiger partial charge is 0.394 e. The van der Waals surface area contributed by atoms with Crippen LogP contribution in [0.5, 0.6) is 5.75 Å². The molecule has 0 N–H and O–H groups in total. The highest BCUT2D eigenvalue weighted by atomic mass is 19.4. The van der Waals surface area contributed by atoms with Crippen LogP contribution in [0, 0.1) is 17.8 Å². The number of para-hydroxylation sites is 1. The first-order chi connectivity index (χ1) is 15.7. The molecule has 4 atom stereocenters. The van der Waals surface area contributed by atoms with Crippen LogP contribution in [0.4, 0.5) is 23.7 Å². The largest absolute Gasteiger partial charge is 0.533 e. The molecule has 0 spiro atoms. The lowest BCUT2D eigenvalue weighted by Gasteiger charge is -2.48. The molecule has 2 aromatic carbocycles. The normalized spacial score (nSPS) is 26.9. The van der Waals surface area contributed by atoms with Gasteiger partial charge in [0.2, 0.25) is 11.8 Å². The Kier molecular flexibility index (Phi) is 5.12. The minimum absolute atomic E-state index is 0.107. The molecule has 6 rings (SSSR count). The number of imide groups is 1. The van der Waals surface area contributed by atoms with Gasteiger partial charge in [-0.15, -0.1) is 5.06 Å². The summed E-state index contributed by atoms with van der Waals surface area (Å²) in [6.07, 6.45) is -4.40. The lowest BCUT2D eigenvalue weighted by Crippen LogP contribution is -2.58. The van der Waals surface area contributed by atoms with Crippen molar-refractivity contribution in [2.45, 2.75) is 25.1 Å². The molecule has 0 unspecified atom stereocenters. The third kappa shape index (κ3) is 3.74. The summed E-state index contributed by atoms with van der Waals surface area (Å²) < 4.78 is 44.6. The zero-order valence-electron chi connectivity index (χ0n) is 17.2. The molecular formula is C23H19F3N2O5. The van der Waals surface area contributed by atoms with E-state index in [1.54, 1.807) is 30.3 Å². The molecule has 0 radical (unpaired) electrons. The number of ether oxygens (including phenoxy) is 1. The number of rotatable bonds is 3. The van der Waals surface area contributed by atoms with Gasteiger partial charge in [0, 0.05) is 6.54 Å². The fourth-order valence-electron chi connectivity index (χ4n) is 5.13. The molecule has 2 aromatic rings. The number of carbonyl (C=O) groups excluding carboxylic acids is 3. The van der Waals surface area contributed by atoms with Gasteiger partial charge in [0.25, 0.3) is 0 Å². The molecule has 172 valence electrons. The first-order valence-corrected chi connectivity index (χ1v) is 10.5. The van der Waals surface area contributed by atoms with Crippen molar-refractivity contribution in [1.29, 1.82) is 0 Å². The summed E-state index contributed by atoms with van der Waals surface area (Å²) in [5.41, 5.74) is -1.04. The number of hydrogen-bond acceptors (Lipinski definition) is 6. The molecule has 4 fully saturated rings. The van der Waals surface area contributed by atoms with Crippen molar-refractivity contribution < 1.29 is 37.1 Å². The summed E-state index contributed by atoms with van der Waals surface area (Å²) in [6, 6.07) is 12.0. The van der Waals surface area contributed by atoms with Crippen molar-refractivity contribution in [1.82, 2.24) is 5.06 Å². The Morgan fingerprint density at radius 1 is 0.939 bits per heavy atom. The Morgan fingerprint density at radius 2 is 1.67 bits per heavy atom. The van der Waals surface area contributed by atoms with Gasteiger partial charge in [-0.1, -0.05) is 24.3 Å². The second-order valence-corrected chi connectivity index (χ2v) is 8.37. The second kappa shape index (κ2) is 7.87. The summed E-state index contributed by atoms with van der Waals surface area (Å²) >= 11 is 0. The summed E-state index contributed by atoms with van der Waals surface area (Å²) in [5.74, 6) is -2.52. The summed E-state index contributed by atoms with van der Waals surface area (Å²) in [4.78, 5) is 44.9. The van der Waals surface area contributed by atoms with Crippen molar-refractivity contribution in [3.05, 3.63) is 60.2 Å². The van der Waals surface area contributed by atoms with E-state index in [9.17, 15) is 27.6 Å². The third-order valence-corrected chi connectivity index (χ3v) is 6.51. The molecule has 1 aliphatic carbocycles. The van der Waals surface area contributed by atoms with Gasteiger partial charge in [-0.3, -0.25) is 9.59 Å². The van der Waals surface area contributed by atoms with E-state index in [-0.39, 0.29) is 18.2 Å². The monoisotopic (exact) mass is 460 g/mol. The highest BCUT2D eigenvalue weighted by Gasteiger charge is 2.61. The van der Waals surface area contributed by atoms with Gasteiger partial charge in [0.1, 0.15) is 5.75 Å². The molecular weight excluding hydrogens is 441 g/mol. The summed E-state index contributed by atoms with van der Waals surface area (Å²) in [5, 5.41) is 1.38. The quantitative estimate of drug-likeness (QED) is 0.391. The van der Waals surface area contributed by atoms with E-state index in [0.717, 1.165) is 17.0 Å². The first kappa shape index (κ1) is 21.4. The molecule has 2 amide bonds. The molecule has 1 saturated carbocycles. The third-order valence-electron chi connectivity index (χ3n) is 6.51. The van der Waals surface area contributed by atoms with Crippen LogP contribution >= 0.6 is 0 Å². The Balaban J connectivity index is 1.37. The Morgan fingerprint density at radius 3 is 2.39 bits per heavy atom. The van der Waals surface area contributed by atoms with Gasteiger partial charge in [0.15, 0.2) is 0 Å². The van der Waals surface area contributed by atoms with E-state index in [0.29, 0.717) is 18.6 Å². The van der Waals surface area contributed by atoms with Crippen LogP contribution in [-0.2, 0) is 20.6 Å². The number of piperidine rings is 2. The Hall–Kier alpha value is -3.40. The zero-order chi connectivity index (χ0) is 23.3. The number of carbonyl (C=O) groups is 3. The molecule has 7 nitrogen and oxygen atoms in total. The van der Waals surface area contributed by atoms with E-state index in [4.69, 9.17) is 9.57 Å². The first-order valence-electron chi connectivity index (χ1n) is 10.5. The average molecular weight is 460 g/mol. The lowest BCUT2D eigenvalue weighted by atomic mass is 9.67. The maximum absolute atomic E-state index is 13.2. The number of amides is 2. The minimum Gasteiger partial charge on any atom is -0.394 e. The average Bonchev–Trinajstić information content (AvgIpc) is 3.06. The maximum atomic E-state index is 13.2. The minimum atomic E-state index is -4.60. The van der Waals surface area contributed by atoms with Crippen LogP contribution in [0.15, 0.2) is 54.6 Å². The number of anilines is 1. The van der Waals surface area contributed by atoms with Gasteiger partial charge in [-0.05, 0) is 49.1 Å². The molecule has 3 saturated heterocycles. The highest BCUT2D eigenvalue weighted by Crippen LogP contribution is 2.49. The predicted molar refractivity (Wildman–Crippen MR) is 108 cm³/mol. The van der Waals surface area contributed by atoms with Crippen molar-refractivity contribution >= 4 is 23.7 Å². The molecule has 3 heterocycles. The number of nitrogens with zero attached hydrogens (tertiary/aromatic N) is 2. The number of alkyl halides is 3. The van der Waals surface area contributed by atoms with Gasteiger partial charge >= 0.3 is 12.3 Å². The van der Waals surface area contributed by atoms with Crippen molar-refractivity contribution in [2.75, 3.05) is 11.4 Å². The van der Waals surface area contributed by atoms with Crippen LogP contribution in [0.1, 0.15) is 18.4 Å². The predicted octanol–water partition coefficient (Wildman–Crippen LogP) is 4.04. The highest BCUT2D eigenvalue weighted by molar-refractivity contribution is 6.22. The number of benzene rings is 2. The van der Waals surface area contributed by atoms with Gasteiger partial charge in [0.05, 0.1) is 29.1 Å². The van der Waals surface area contributed by atoms with Crippen LogP contribution in [0.3, 0.4) is 0 Å². The van der Waals surface area contributed by atoms with Crippen LogP contribution < -0.4 is 9.64 Å². The standard InChI is InChI=1S/C23H19F3N2O5/c24-23(25,26)14-5-4-6-15(11-14)28-20(29)18-13-9-10-17(19(18)21(28)30)27(12-13)33-22(31)32-16-7-2-1-3-8-16/h1-8,11,13,17-19H,9-10,12H2/t13-,17-,18+,19-/m0/s1. The van der Waals surface area contributed by atoms with Crippen molar-refractivity contribution in [3.63, 3.8) is 0 Å². The molecule has 2 bridgehead atoms. The van der Waals surface area contributed by atoms with Gasteiger partial charge < -0.3 is 9.57 Å². The van der Waals surface area contributed by atoms with Gasteiger partial charge in [-0.2, -0.15) is 13.2 Å². The lowest BCUT2D eigenvalue weighted by molar-refractivity contribution is -0.213. The second-order valence-electron chi connectivity index (χ2n) is 8.37. The van der Waals surface area contributed by atoms with Crippen LogP contribution in [0.25, 0.3) is 0 Å². The van der Waals surface area contributed by atoms with E-state index in [2.05, 4.69) is 0 Å². The van der Waals surface area contributed by atoms with E-state index in [1.165, 1.54) is 17.2 Å². The van der Waals surface area contributed by atoms with Crippen LogP contribution in [0.2, 0.25) is 0 Å². The van der Waals surface area contributed by atoms with Crippen molar-refractivity contribution in [2.24, 2.45) is 17.8 Å². The zero-order valence-corrected chi connectivity index (χ0v) is 17.2. The summed E-state index contributed by atoms with van der Waals surface area (Å²) in [6.45, 7) is 0.241. The maximum Gasteiger partial charge on any atom is 0.533 e. The molecule has 4 aliphatic rings. The topological polar surface area (TPSA) is 76.2 Å². The fourth-order valence-corrected chi connectivity index (χ4v) is 5.13. The van der Waals surface area contributed by atoms with E-state index < -0.39 is 47.6 Å². The molecule has 33 heavy (non-hydrogen) atoms. The Bertz CT molecular complexity index is 1110. The fraction of sp³-hybridized carbons (Fsp3) is 0.348. The number of hydroxylamine groups is 2.